The third-order valence-corrected chi connectivity index (χ3v) is 6.06. The van der Waals surface area contributed by atoms with Crippen molar-refractivity contribution in [2.45, 2.75) is 57.5 Å². The molecule has 3 rings (SSSR count). The topological polar surface area (TPSA) is 87.7 Å². The predicted molar refractivity (Wildman–Crippen MR) is 105 cm³/mol. The molecule has 2 N–H and O–H groups in total. The van der Waals surface area contributed by atoms with E-state index in [0.717, 1.165) is 35.5 Å². The molecule has 1 saturated heterocycles. The Labute approximate surface area is 165 Å². The number of amides is 4. The molecule has 1 aromatic carbocycles. The second-order valence-electron chi connectivity index (χ2n) is 7.74. The molecular weight excluding hydrogens is 358 g/mol. The Bertz CT molecular complexity index is 749. The van der Waals surface area contributed by atoms with Crippen molar-refractivity contribution in [3.8, 4) is 5.75 Å². The van der Waals surface area contributed by atoms with Gasteiger partial charge in [0.15, 0.2) is 0 Å². The molecule has 1 saturated carbocycles. The first-order chi connectivity index (χ1) is 13.4. The quantitative estimate of drug-likeness (QED) is 0.735. The predicted octanol–water partition coefficient (Wildman–Crippen LogP) is 2.76. The van der Waals surface area contributed by atoms with Crippen LogP contribution < -0.4 is 15.4 Å². The summed E-state index contributed by atoms with van der Waals surface area (Å²) in [4.78, 5) is 39.1. The Morgan fingerprint density at radius 1 is 1.32 bits per heavy atom. The van der Waals surface area contributed by atoms with Crippen molar-refractivity contribution < 1.29 is 19.1 Å². The molecule has 1 heterocycles. The van der Waals surface area contributed by atoms with Crippen LogP contribution in [0, 0.1) is 5.92 Å². The second-order valence-corrected chi connectivity index (χ2v) is 7.74. The lowest BCUT2D eigenvalue weighted by Gasteiger charge is -2.36. The number of nitrogens with zero attached hydrogens (tertiary/aromatic N) is 1. The number of nitrogens with one attached hydrogen (secondary N) is 2. The minimum atomic E-state index is -0.838. The van der Waals surface area contributed by atoms with Crippen LogP contribution in [0.3, 0.4) is 0 Å². The number of rotatable bonds is 6. The summed E-state index contributed by atoms with van der Waals surface area (Å²) in [5, 5.41) is 5.82. The minimum Gasteiger partial charge on any atom is -0.497 e. The van der Waals surface area contributed by atoms with Gasteiger partial charge in [-0.1, -0.05) is 38.8 Å². The van der Waals surface area contributed by atoms with Crippen LogP contribution in [-0.4, -0.2) is 41.9 Å². The molecule has 0 aromatic heterocycles. The highest BCUT2D eigenvalue weighted by Gasteiger charge is 2.55. The Morgan fingerprint density at radius 3 is 2.64 bits per heavy atom. The van der Waals surface area contributed by atoms with Crippen molar-refractivity contribution in [3.63, 3.8) is 0 Å². The van der Waals surface area contributed by atoms with Crippen LogP contribution in [0.4, 0.5) is 4.79 Å². The molecule has 2 fully saturated rings. The van der Waals surface area contributed by atoms with E-state index >= 15 is 0 Å². The molecule has 7 nitrogen and oxygen atoms in total. The lowest BCUT2D eigenvalue weighted by molar-refractivity contribution is -0.137. The molecule has 152 valence electrons. The van der Waals surface area contributed by atoms with E-state index in [1.165, 1.54) is 0 Å². The summed E-state index contributed by atoms with van der Waals surface area (Å²) in [6.45, 7) is 3.71. The van der Waals surface area contributed by atoms with Crippen LogP contribution >= 0.6 is 0 Å². The van der Waals surface area contributed by atoms with Crippen LogP contribution in [-0.2, 0) is 9.59 Å². The maximum absolute atomic E-state index is 13.0. The number of carbonyl (C=O) groups is 3. The zero-order valence-corrected chi connectivity index (χ0v) is 16.8. The lowest BCUT2D eigenvalue weighted by atomic mass is 9.73. The number of imide groups is 1. The SMILES string of the molecule is CC[C@H](NC(=O)CN1C(=O)N[C@]2(CCCC[C@@H]2C)C1=O)c1ccc(OC)cc1. The fourth-order valence-electron chi connectivity index (χ4n) is 4.28. The Morgan fingerprint density at radius 2 is 2.04 bits per heavy atom. The van der Waals surface area contributed by atoms with Gasteiger partial charge in [0.1, 0.15) is 17.8 Å². The molecule has 4 amide bonds. The van der Waals surface area contributed by atoms with Gasteiger partial charge >= 0.3 is 6.03 Å². The fraction of sp³-hybridized carbons (Fsp3) is 0.571. The van der Waals surface area contributed by atoms with Gasteiger partial charge in [0.2, 0.25) is 5.91 Å². The standard InChI is InChI=1S/C21H29N3O4/c1-4-17(15-8-10-16(28-3)11-9-15)22-18(25)13-24-19(26)21(23-20(24)27)12-6-5-7-14(21)2/h8-11,14,17H,4-7,12-13H2,1-3H3,(H,22,25)(H,23,27)/t14-,17-,21-/m0/s1. The summed E-state index contributed by atoms with van der Waals surface area (Å²) in [5.41, 5.74) is 0.113. The molecule has 0 bridgehead atoms. The number of methoxy groups -OCH3 is 1. The first kappa shape index (κ1) is 20.2. The Kier molecular flexibility index (Phi) is 5.91. The molecule has 3 atom stereocenters. The van der Waals surface area contributed by atoms with E-state index in [9.17, 15) is 14.4 Å². The van der Waals surface area contributed by atoms with Gasteiger partial charge in [0.05, 0.1) is 13.2 Å². The third-order valence-electron chi connectivity index (χ3n) is 6.06. The fourth-order valence-corrected chi connectivity index (χ4v) is 4.28. The molecular formula is C21H29N3O4. The average molecular weight is 387 g/mol. The smallest absolute Gasteiger partial charge is 0.325 e. The van der Waals surface area contributed by atoms with Crippen LogP contribution in [0.2, 0.25) is 0 Å². The highest BCUT2D eigenvalue weighted by Crippen LogP contribution is 2.38. The number of ether oxygens (including phenoxy) is 1. The van der Waals surface area contributed by atoms with Crippen LogP contribution in [0.1, 0.15) is 57.6 Å². The first-order valence-corrected chi connectivity index (χ1v) is 9.98. The monoisotopic (exact) mass is 387 g/mol. The van der Waals surface area contributed by atoms with Crippen molar-refractivity contribution in [1.29, 1.82) is 0 Å². The molecule has 2 aliphatic rings. The number of carbonyl (C=O) groups excluding carboxylic acids is 3. The van der Waals surface area contributed by atoms with Gasteiger partial charge in [-0.05, 0) is 42.9 Å². The Balaban J connectivity index is 1.66. The molecule has 0 unspecified atom stereocenters. The number of benzene rings is 1. The second kappa shape index (κ2) is 8.20. The van der Waals surface area contributed by atoms with E-state index in [1.807, 2.05) is 38.1 Å². The van der Waals surface area contributed by atoms with E-state index in [0.29, 0.717) is 12.8 Å². The van der Waals surface area contributed by atoms with Crippen molar-refractivity contribution in [2.24, 2.45) is 5.92 Å². The number of urea groups is 1. The molecule has 1 aromatic rings. The third kappa shape index (κ3) is 3.70. The summed E-state index contributed by atoms with van der Waals surface area (Å²) in [7, 11) is 1.60. The largest absolute Gasteiger partial charge is 0.497 e. The summed E-state index contributed by atoms with van der Waals surface area (Å²) in [6.07, 6.45) is 4.21. The highest BCUT2D eigenvalue weighted by atomic mass is 16.5. The molecule has 1 aliphatic heterocycles. The average Bonchev–Trinajstić information content (AvgIpc) is 2.93. The van der Waals surface area contributed by atoms with E-state index in [2.05, 4.69) is 10.6 Å². The molecule has 7 heteroatoms. The minimum absolute atomic E-state index is 0.0773. The van der Waals surface area contributed by atoms with Gasteiger partial charge in [-0.25, -0.2) is 4.79 Å². The zero-order chi connectivity index (χ0) is 20.3. The zero-order valence-electron chi connectivity index (χ0n) is 16.8. The summed E-state index contributed by atoms with van der Waals surface area (Å²) in [5.74, 6) is 0.216. The van der Waals surface area contributed by atoms with Crippen molar-refractivity contribution in [2.75, 3.05) is 13.7 Å². The normalized spacial score (nSPS) is 25.5. The van der Waals surface area contributed by atoms with Crippen LogP contribution in [0.25, 0.3) is 0 Å². The number of hydrogen-bond acceptors (Lipinski definition) is 4. The van der Waals surface area contributed by atoms with Crippen molar-refractivity contribution in [3.05, 3.63) is 29.8 Å². The van der Waals surface area contributed by atoms with E-state index in [-0.39, 0.29) is 30.3 Å². The number of hydrogen-bond donors (Lipinski definition) is 2. The maximum Gasteiger partial charge on any atom is 0.325 e. The van der Waals surface area contributed by atoms with E-state index in [1.54, 1.807) is 7.11 Å². The highest BCUT2D eigenvalue weighted by molar-refractivity contribution is 6.09. The van der Waals surface area contributed by atoms with Gasteiger partial charge < -0.3 is 15.4 Å². The first-order valence-electron chi connectivity index (χ1n) is 9.98. The Hall–Kier alpha value is -2.57. The van der Waals surface area contributed by atoms with Crippen LogP contribution in [0.15, 0.2) is 24.3 Å². The maximum atomic E-state index is 13.0. The van der Waals surface area contributed by atoms with Gasteiger partial charge in [-0.2, -0.15) is 0 Å². The summed E-state index contributed by atoms with van der Waals surface area (Å²) < 4.78 is 5.16. The molecule has 0 radical (unpaired) electrons. The molecule has 1 spiro atoms. The lowest BCUT2D eigenvalue weighted by Crippen LogP contribution is -2.54. The van der Waals surface area contributed by atoms with E-state index < -0.39 is 11.6 Å². The van der Waals surface area contributed by atoms with Crippen molar-refractivity contribution in [1.82, 2.24) is 15.5 Å². The van der Waals surface area contributed by atoms with Gasteiger partial charge in [0.25, 0.3) is 5.91 Å². The molecule has 28 heavy (non-hydrogen) atoms. The van der Waals surface area contributed by atoms with E-state index in [4.69, 9.17) is 4.74 Å². The van der Waals surface area contributed by atoms with Crippen LogP contribution in [0.5, 0.6) is 5.75 Å². The molecule has 1 aliphatic carbocycles. The van der Waals surface area contributed by atoms with Gasteiger partial charge in [-0.15, -0.1) is 0 Å². The summed E-state index contributed by atoms with van der Waals surface area (Å²) in [6, 6.07) is 6.83. The summed E-state index contributed by atoms with van der Waals surface area (Å²) >= 11 is 0. The van der Waals surface area contributed by atoms with Gasteiger partial charge in [0, 0.05) is 0 Å². The van der Waals surface area contributed by atoms with Gasteiger partial charge in [-0.3, -0.25) is 14.5 Å². The van der Waals surface area contributed by atoms with Crippen molar-refractivity contribution >= 4 is 17.8 Å².